The molecule has 10 heteroatoms. The molecule has 1 saturated carbocycles. The van der Waals surface area contributed by atoms with Gasteiger partial charge in [0.2, 0.25) is 11.8 Å². The van der Waals surface area contributed by atoms with Crippen LogP contribution in [0.1, 0.15) is 31.2 Å². The lowest BCUT2D eigenvalue weighted by Gasteiger charge is -2.25. The van der Waals surface area contributed by atoms with E-state index in [4.69, 9.17) is 5.73 Å². The Labute approximate surface area is 156 Å². The van der Waals surface area contributed by atoms with Crippen LogP contribution in [0.5, 0.6) is 5.88 Å². The topological polar surface area (TPSA) is 77.2 Å². The molecular weight excluding hydrogens is 382 g/mol. The first-order valence-corrected chi connectivity index (χ1v) is 7.51. The van der Waals surface area contributed by atoms with Gasteiger partial charge in [0.15, 0.2) is 6.61 Å². The number of hydrogen-bond acceptors (Lipinski definition) is 4. The molecule has 144 valence electrons. The van der Waals surface area contributed by atoms with Crippen LogP contribution in [0.15, 0.2) is 18.3 Å². The summed E-state index contributed by atoms with van der Waals surface area (Å²) in [5.74, 6) is -0.287. The molecule has 0 radical (unpaired) electrons. The minimum absolute atomic E-state index is 0. The smallest absolute Gasteiger partial charge is 0.422 e. The summed E-state index contributed by atoms with van der Waals surface area (Å²) in [5.41, 5.74) is 6.49. The van der Waals surface area contributed by atoms with Crippen LogP contribution in [0.2, 0.25) is 0 Å². The molecule has 1 amide bonds. The highest BCUT2D eigenvalue weighted by Crippen LogP contribution is 2.23. The molecule has 0 bridgehead atoms. The standard InChI is InChI=1S/C15H20F3N3O2.2ClH/c16-15(17,18)9-23-13-6-10(4-5-20-13)8-21-14(22)11-2-1-3-12(19)7-11;;/h4-6,11-12H,1-3,7-9,19H2,(H,21,22);2*1H. The summed E-state index contributed by atoms with van der Waals surface area (Å²) in [6, 6.07) is 3.06. The minimum atomic E-state index is -4.41. The highest BCUT2D eigenvalue weighted by atomic mass is 35.5. The Morgan fingerprint density at radius 2 is 2.08 bits per heavy atom. The SMILES string of the molecule is Cl.Cl.NC1CCCC(C(=O)NCc2ccnc(OCC(F)(F)F)c2)C1. The Bertz CT molecular complexity index is 547. The van der Waals surface area contributed by atoms with Crippen LogP contribution in [0.4, 0.5) is 13.2 Å². The molecule has 1 aromatic heterocycles. The molecule has 1 aliphatic rings. The van der Waals surface area contributed by atoms with E-state index in [9.17, 15) is 18.0 Å². The molecule has 2 atom stereocenters. The van der Waals surface area contributed by atoms with E-state index in [1.54, 1.807) is 6.07 Å². The molecule has 1 aromatic rings. The first kappa shape index (κ1) is 23.8. The van der Waals surface area contributed by atoms with E-state index in [1.165, 1.54) is 12.3 Å². The summed E-state index contributed by atoms with van der Waals surface area (Å²) in [5, 5.41) is 2.79. The van der Waals surface area contributed by atoms with Gasteiger partial charge in [-0.05, 0) is 30.9 Å². The summed E-state index contributed by atoms with van der Waals surface area (Å²) in [4.78, 5) is 15.8. The van der Waals surface area contributed by atoms with Crippen molar-refractivity contribution in [2.24, 2.45) is 11.7 Å². The number of carbonyl (C=O) groups is 1. The number of aromatic nitrogens is 1. The Kier molecular flexibility index (Phi) is 10.1. The maximum atomic E-state index is 12.1. The van der Waals surface area contributed by atoms with Crippen molar-refractivity contribution in [3.8, 4) is 5.88 Å². The van der Waals surface area contributed by atoms with Crippen molar-refractivity contribution in [1.29, 1.82) is 0 Å². The van der Waals surface area contributed by atoms with E-state index in [-0.39, 0.29) is 55.1 Å². The van der Waals surface area contributed by atoms with Gasteiger partial charge in [-0.1, -0.05) is 6.42 Å². The molecule has 1 heterocycles. The van der Waals surface area contributed by atoms with Gasteiger partial charge in [-0.15, -0.1) is 24.8 Å². The molecular formula is C15H22Cl2F3N3O2. The van der Waals surface area contributed by atoms with Gasteiger partial charge in [-0.2, -0.15) is 13.2 Å². The third-order valence-corrected chi connectivity index (χ3v) is 3.74. The highest BCUT2D eigenvalue weighted by Gasteiger charge is 2.28. The predicted molar refractivity (Wildman–Crippen MR) is 92.1 cm³/mol. The first-order valence-electron chi connectivity index (χ1n) is 7.51. The van der Waals surface area contributed by atoms with Crippen molar-refractivity contribution in [2.75, 3.05) is 6.61 Å². The zero-order valence-electron chi connectivity index (χ0n) is 13.4. The van der Waals surface area contributed by atoms with Crippen LogP contribution < -0.4 is 15.8 Å². The fourth-order valence-corrected chi connectivity index (χ4v) is 2.59. The van der Waals surface area contributed by atoms with Crippen LogP contribution >= 0.6 is 24.8 Å². The number of nitrogens with zero attached hydrogens (tertiary/aromatic N) is 1. The van der Waals surface area contributed by atoms with Crippen molar-refractivity contribution >= 4 is 30.7 Å². The largest absolute Gasteiger partial charge is 0.468 e. The van der Waals surface area contributed by atoms with Gasteiger partial charge in [0.1, 0.15) is 0 Å². The minimum Gasteiger partial charge on any atom is -0.468 e. The van der Waals surface area contributed by atoms with Gasteiger partial charge >= 0.3 is 6.18 Å². The number of pyridine rings is 1. The fraction of sp³-hybridized carbons (Fsp3) is 0.600. The summed E-state index contributed by atoms with van der Waals surface area (Å²) >= 11 is 0. The number of halogens is 5. The van der Waals surface area contributed by atoms with Crippen molar-refractivity contribution in [2.45, 2.75) is 44.4 Å². The van der Waals surface area contributed by atoms with Crippen LogP contribution in [-0.4, -0.2) is 29.7 Å². The molecule has 25 heavy (non-hydrogen) atoms. The Morgan fingerprint density at radius 1 is 1.36 bits per heavy atom. The number of carbonyl (C=O) groups excluding carboxylic acids is 1. The van der Waals surface area contributed by atoms with Gasteiger partial charge < -0.3 is 15.8 Å². The molecule has 1 fully saturated rings. The predicted octanol–water partition coefficient (Wildman–Crippen LogP) is 3.00. The Balaban J connectivity index is 0.00000288. The van der Waals surface area contributed by atoms with Crippen molar-refractivity contribution in [1.82, 2.24) is 10.3 Å². The molecule has 2 unspecified atom stereocenters. The summed E-state index contributed by atoms with van der Waals surface area (Å²) in [6.45, 7) is -1.18. The van der Waals surface area contributed by atoms with E-state index < -0.39 is 12.8 Å². The van der Waals surface area contributed by atoms with Gasteiger partial charge in [0.05, 0.1) is 0 Å². The van der Waals surface area contributed by atoms with Gasteiger partial charge in [-0.3, -0.25) is 4.79 Å². The van der Waals surface area contributed by atoms with Crippen LogP contribution in [0, 0.1) is 5.92 Å². The lowest BCUT2D eigenvalue weighted by Crippen LogP contribution is -2.37. The monoisotopic (exact) mass is 403 g/mol. The molecule has 0 saturated heterocycles. The molecule has 0 spiro atoms. The molecule has 2 rings (SSSR count). The zero-order chi connectivity index (χ0) is 16.9. The second kappa shape index (κ2) is 10.7. The van der Waals surface area contributed by atoms with Gasteiger partial charge in [0, 0.05) is 30.8 Å². The van der Waals surface area contributed by atoms with E-state index in [1.807, 2.05) is 0 Å². The number of amides is 1. The molecule has 0 aromatic carbocycles. The maximum absolute atomic E-state index is 12.1. The Morgan fingerprint density at radius 3 is 2.72 bits per heavy atom. The normalized spacial score (nSPS) is 20.0. The van der Waals surface area contributed by atoms with E-state index >= 15 is 0 Å². The second-order valence-corrected chi connectivity index (χ2v) is 5.75. The number of nitrogens with one attached hydrogen (secondary N) is 1. The van der Waals surface area contributed by atoms with E-state index in [0.29, 0.717) is 12.0 Å². The fourth-order valence-electron chi connectivity index (χ4n) is 2.59. The third kappa shape index (κ3) is 8.60. The lowest BCUT2D eigenvalue weighted by molar-refractivity contribution is -0.154. The summed E-state index contributed by atoms with van der Waals surface area (Å²) in [7, 11) is 0. The second-order valence-electron chi connectivity index (χ2n) is 5.75. The number of nitrogens with two attached hydrogens (primary N) is 1. The quantitative estimate of drug-likeness (QED) is 0.791. The average molecular weight is 404 g/mol. The Hall–Kier alpha value is -1.25. The van der Waals surface area contributed by atoms with Crippen molar-refractivity contribution in [3.05, 3.63) is 23.9 Å². The lowest BCUT2D eigenvalue weighted by atomic mass is 9.85. The van der Waals surface area contributed by atoms with Crippen LogP contribution in [0.25, 0.3) is 0 Å². The number of ether oxygens (including phenoxy) is 1. The molecule has 1 aliphatic carbocycles. The first-order chi connectivity index (χ1) is 10.8. The van der Waals surface area contributed by atoms with Crippen LogP contribution in [0.3, 0.4) is 0 Å². The molecule has 5 nitrogen and oxygen atoms in total. The number of rotatable bonds is 5. The highest BCUT2D eigenvalue weighted by molar-refractivity contribution is 5.85. The zero-order valence-corrected chi connectivity index (χ0v) is 15.1. The molecule has 3 N–H and O–H groups in total. The summed E-state index contributed by atoms with van der Waals surface area (Å²) < 4.78 is 40.9. The molecule has 0 aliphatic heterocycles. The summed E-state index contributed by atoms with van der Waals surface area (Å²) in [6.07, 6.45) is 0.297. The van der Waals surface area contributed by atoms with Gasteiger partial charge in [0.25, 0.3) is 0 Å². The third-order valence-electron chi connectivity index (χ3n) is 3.74. The van der Waals surface area contributed by atoms with Crippen molar-refractivity contribution < 1.29 is 22.7 Å². The number of alkyl halides is 3. The van der Waals surface area contributed by atoms with Crippen molar-refractivity contribution in [3.63, 3.8) is 0 Å². The average Bonchev–Trinajstić information content (AvgIpc) is 2.50. The van der Waals surface area contributed by atoms with Crippen LogP contribution in [-0.2, 0) is 11.3 Å². The van der Waals surface area contributed by atoms with E-state index in [2.05, 4.69) is 15.0 Å². The van der Waals surface area contributed by atoms with E-state index in [0.717, 1.165) is 19.3 Å². The maximum Gasteiger partial charge on any atom is 0.422 e. The van der Waals surface area contributed by atoms with Gasteiger partial charge in [-0.25, -0.2) is 4.98 Å². The number of hydrogen-bond donors (Lipinski definition) is 2.